The first-order valence-electron chi connectivity index (χ1n) is 8.44. The van der Waals surface area contributed by atoms with Crippen LogP contribution in [0.5, 0.6) is 0 Å². The van der Waals surface area contributed by atoms with Gasteiger partial charge in [-0.2, -0.15) is 0 Å². The lowest BCUT2D eigenvalue weighted by Gasteiger charge is -2.22. The van der Waals surface area contributed by atoms with Gasteiger partial charge in [-0.25, -0.2) is 4.98 Å². The second-order valence-corrected chi connectivity index (χ2v) is 10.0. The van der Waals surface area contributed by atoms with Gasteiger partial charge in [-0.05, 0) is 24.1 Å². The number of nitrogens with zero attached hydrogens (tertiary/aromatic N) is 1. The molecule has 1 heterocycles. The molecule has 2 fully saturated rings. The van der Waals surface area contributed by atoms with Crippen molar-refractivity contribution in [2.24, 2.45) is 17.8 Å². The third-order valence-corrected chi connectivity index (χ3v) is 8.35. The Hall–Kier alpha value is -1.32. The van der Waals surface area contributed by atoms with Crippen molar-refractivity contribution in [2.75, 3.05) is 0 Å². The molecule has 0 radical (unpaired) electrons. The van der Waals surface area contributed by atoms with Crippen LogP contribution in [0.3, 0.4) is 0 Å². The average Bonchev–Trinajstić information content (AvgIpc) is 2.91. The number of aromatic nitrogens is 1. The number of rotatable bonds is 7. The molecule has 2 N–H and O–H groups in total. The third-order valence-electron chi connectivity index (χ3n) is 5.37. The smallest absolute Gasteiger partial charge is 0.309 e. The number of ether oxygens (including phenoxy) is 1. The summed E-state index contributed by atoms with van der Waals surface area (Å²) in [6, 6.07) is 4.99. The minimum absolute atomic E-state index is 0.0651. The molecule has 4 rings (SSSR count). The molecular weight excluding hydrogens is 445 g/mol. The largest absolute Gasteiger partial charge is 0.481 e. The first-order valence-corrected chi connectivity index (χ1v) is 11.0. The average molecular weight is 460 g/mol. The Balaban J connectivity index is 1.60. The van der Waals surface area contributed by atoms with Crippen molar-refractivity contribution in [3.63, 3.8) is 0 Å². The summed E-state index contributed by atoms with van der Waals surface area (Å²) in [4.78, 5) is 28.0. The van der Waals surface area contributed by atoms with E-state index in [9.17, 15) is 19.8 Å². The second-order valence-electron chi connectivity index (χ2n) is 6.81. The molecule has 2 saturated carbocycles. The topological polar surface area (TPSA) is 96.7 Å². The Labute approximate surface area is 178 Å². The van der Waals surface area contributed by atoms with E-state index in [1.807, 2.05) is 5.38 Å². The van der Waals surface area contributed by atoms with E-state index in [1.54, 1.807) is 24.4 Å². The predicted octanol–water partition coefficient (Wildman–Crippen LogP) is 4.30. The summed E-state index contributed by atoms with van der Waals surface area (Å²) in [5.74, 6) is -4.20. The summed E-state index contributed by atoms with van der Waals surface area (Å²) in [6.07, 6.45) is 2.02. The molecule has 28 heavy (non-hydrogen) atoms. The molecule has 0 bridgehead atoms. The van der Waals surface area contributed by atoms with Gasteiger partial charge in [0, 0.05) is 22.7 Å². The molecule has 0 spiro atoms. The van der Waals surface area contributed by atoms with E-state index in [0.717, 1.165) is 4.34 Å². The normalized spacial score (nSPS) is 30.8. The van der Waals surface area contributed by atoms with Gasteiger partial charge in [0.1, 0.15) is 9.94 Å². The van der Waals surface area contributed by atoms with Gasteiger partial charge < -0.3 is 14.9 Å². The van der Waals surface area contributed by atoms with E-state index in [4.69, 9.17) is 27.9 Å². The zero-order valence-electron chi connectivity index (χ0n) is 14.2. The van der Waals surface area contributed by atoms with Crippen LogP contribution in [0.1, 0.15) is 12.0 Å². The van der Waals surface area contributed by atoms with E-state index in [0.29, 0.717) is 22.0 Å². The van der Waals surface area contributed by atoms with Crippen LogP contribution in [0.4, 0.5) is 0 Å². The lowest BCUT2D eigenvalue weighted by molar-refractivity contribution is -0.153. The zero-order valence-corrected chi connectivity index (χ0v) is 17.4. The van der Waals surface area contributed by atoms with Crippen LogP contribution >= 0.6 is 46.3 Å². The lowest BCUT2D eigenvalue weighted by atomic mass is 9.96. The third kappa shape index (κ3) is 3.31. The summed E-state index contributed by atoms with van der Waals surface area (Å²) in [7, 11) is 0. The first kappa shape index (κ1) is 20.0. The minimum atomic E-state index is -1.22. The van der Waals surface area contributed by atoms with Gasteiger partial charge in [0.15, 0.2) is 0 Å². The first-order chi connectivity index (χ1) is 13.3. The van der Waals surface area contributed by atoms with Crippen LogP contribution in [-0.2, 0) is 20.9 Å². The molecule has 10 heteroatoms. The van der Waals surface area contributed by atoms with Crippen LogP contribution in [0.2, 0.25) is 10.0 Å². The number of hydrogen-bond acceptors (Lipinski definition) is 6. The van der Waals surface area contributed by atoms with E-state index in [-0.39, 0.29) is 17.8 Å². The second kappa shape index (κ2) is 7.50. The minimum Gasteiger partial charge on any atom is -0.481 e. The van der Waals surface area contributed by atoms with Crippen LogP contribution in [0, 0.1) is 17.8 Å². The molecule has 2 aromatic rings. The predicted molar refractivity (Wildman–Crippen MR) is 106 cm³/mol. The number of thiazole rings is 1. The number of fused-ring (bicyclic) bond motifs is 1. The maximum Gasteiger partial charge on any atom is 0.309 e. The Morgan fingerprint density at radius 1 is 1.29 bits per heavy atom. The Bertz CT molecular complexity index is 925. The summed E-state index contributed by atoms with van der Waals surface area (Å²) in [6.45, 7) is 0.0651. The standard InChI is InChI=1S/C18H15Cl2NO5S2/c19-10-2-1-8(5-11(10)20)7-26-18-9(15(22)23)6-12(13(18)14(18)16(24)25)28-17-21-3-4-27-17/h1-5,9,12-14H,6-7H2,(H,22,23)(H,24,25). The van der Waals surface area contributed by atoms with E-state index in [1.165, 1.54) is 23.1 Å². The van der Waals surface area contributed by atoms with Crippen molar-refractivity contribution in [1.29, 1.82) is 0 Å². The fourth-order valence-corrected chi connectivity index (χ4v) is 6.84. The fraction of sp³-hybridized carbons (Fsp3) is 0.389. The number of benzene rings is 1. The van der Waals surface area contributed by atoms with Crippen molar-refractivity contribution in [3.05, 3.63) is 45.4 Å². The van der Waals surface area contributed by atoms with Gasteiger partial charge in [-0.3, -0.25) is 9.59 Å². The highest BCUT2D eigenvalue weighted by Gasteiger charge is 2.81. The molecule has 1 aromatic carbocycles. The summed E-state index contributed by atoms with van der Waals surface area (Å²) < 4.78 is 6.85. The fourth-order valence-electron chi connectivity index (χ4n) is 4.21. The van der Waals surface area contributed by atoms with Crippen LogP contribution in [0.15, 0.2) is 34.1 Å². The molecule has 6 nitrogen and oxygen atoms in total. The highest BCUT2D eigenvalue weighted by molar-refractivity contribution is 8.01. The van der Waals surface area contributed by atoms with Crippen LogP contribution in [-0.4, -0.2) is 38.0 Å². The number of carboxylic acids is 2. The van der Waals surface area contributed by atoms with Gasteiger partial charge in [-0.1, -0.05) is 41.0 Å². The van der Waals surface area contributed by atoms with Gasteiger partial charge >= 0.3 is 11.9 Å². The number of carboxylic acid groups (broad SMARTS) is 2. The number of aliphatic carboxylic acids is 2. The number of carbonyl (C=O) groups is 2. The van der Waals surface area contributed by atoms with E-state index < -0.39 is 29.4 Å². The number of halogens is 2. The Morgan fingerprint density at radius 2 is 2.07 bits per heavy atom. The van der Waals surface area contributed by atoms with Crippen molar-refractivity contribution in [2.45, 2.75) is 28.2 Å². The molecule has 2 aliphatic rings. The summed E-state index contributed by atoms with van der Waals surface area (Å²) in [5, 5.41) is 21.9. The van der Waals surface area contributed by atoms with Gasteiger partial charge in [0.25, 0.3) is 0 Å². The maximum atomic E-state index is 11.9. The highest BCUT2D eigenvalue weighted by Crippen LogP contribution is 2.69. The maximum absolute atomic E-state index is 11.9. The quantitative estimate of drug-likeness (QED) is 0.636. The van der Waals surface area contributed by atoms with Crippen molar-refractivity contribution < 1.29 is 24.5 Å². The lowest BCUT2D eigenvalue weighted by Crippen LogP contribution is -2.34. The molecule has 5 atom stereocenters. The monoisotopic (exact) mass is 459 g/mol. The molecule has 0 saturated heterocycles. The van der Waals surface area contributed by atoms with Crippen LogP contribution < -0.4 is 0 Å². The van der Waals surface area contributed by atoms with Gasteiger partial charge in [0.05, 0.1) is 28.5 Å². The van der Waals surface area contributed by atoms with Gasteiger partial charge in [0.2, 0.25) is 0 Å². The Kier molecular flexibility index (Phi) is 5.35. The van der Waals surface area contributed by atoms with Crippen molar-refractivity contribution >= 4 is 58.2 Å². The zero-order chi connectivity index (χ0) is 20.1. The van der Waals surface area contributed by atoms with Crippen LogP contribution in [0.25, 0.3) is 0 Å². The highest BCUT2D eigenvalue weighted by atomic mass is 35.5. The molecule has 0 aliphatic heterocycles. The van der Waals surface area contributed by atoms with E-state index in [2.05, 4.69) is 4.98 Å². The van der Waals surface area contributed by atoms with E-state index >= 15 is 0 Å². The molecule has 1 aromatic heterocycles. The SMILES string of the molecule is O=C(O)C1CC(Sc2nccs2)C2C(C(=O)O)C12OCc1ccc(Cl)c(Cl)c1. The summed E-state index contributed by atoms with van der Waals surface area (Å²) in [5.41, 5.74) is -0.516. The molecular formula is C18H15Cl2NO5S2. The number of thioether (sulfide) groups is 1. The molecule has 2 aliphatic carbocycles. The van der Waals surface area contributed by atoms with Crippen molar-refractivity contribution in [1.82, 2.24) is 4.98 Å². The molecule has 148 valence electrons. The molecule has 0 amide bonds. The van der Waals surface area contributed by atoms with Crippen molar-refractivity contribution in [3.8, 4) is 0 Å². The number of hydrogen-bond donors (Lipinski definition) is 2. The Morgan fingerprint density at radius 3 is 2.68 bits per heavy atom. The van der Waals surface area contributed by atoms with Gasteiger partial charge in [-0.15, -0.1) is 11.3 Å². The molecule has 5 unspecified atom stereocenters. The summed E-state index contributed by atoms with van der Waals surface area (Å²) >= 11 is 14.8.